The van der Waals surface area contributed by atoms with E-state index in [9.17, 15) is 4.39 Å². The van der Waals surface area contributed by atoms with Crippen molar-refractivity contribution in [3.8, 4) is 0 Å². The van der Waals surface area contributed by atoms with Crippen molar-refractivity contribution >= 4 is 17.2 Å². The normalized spacial score (nSPS) is 12.5. The van der Waals surface area contributed by atoms with Crippen molar-refractivity contribution in [2.75, 3.05) is 0 Å². The van der Waals surface area contributed by atoms with Crippen molar-refractivity contribution < 1.29 is 4.39 Å². The largest absolute Gasteiger partial charge is 0.348 e. The summed E-state index contributed by atoms with van der Waals surface area (Å²) in [6.07, 6.45) is 3.38. The molecule has 0 aromatic carbocycles. The zero-order valence-electron chi connectivity index (χ0n) is 7.65. The lowest BCUT2D eigenvalue weighted by atomic mass is 10.1. The van der Waals surface area contributed by atoms with Crippen molar-refractivity contribution in [2.24, 2.45) is 0 Å². The first-order valence-corrected chi connectivity index (χ1v) is 4.11. The summed E-state index contributed by atoms with van der Waals surface area (Å²) in [5.41, 5.74) is -0.752. The molecule has 68 valence electrons. The predicted molar refractivity (Wildman–Crippen MR) is 54.9 cm³/mol. The van der Waals surface area contributed by atoms with E-state index in [2.05, 4.69) is 11.9 Å². The first-order valence-electron chi connectivity index (χ1n) is 3.71. The second-order valence-corrected chi connectivity index (χ2v) is 3.28. The van der Waals surface area contributed by atoms with Crippen LogP contribution in [-0.4, -0.2) is 10.7 Å². The third-order valence-electron chi connectivity index (χ3n) is 1.33. The second-order valence-electron chi connectivity index (χ2n) is 2.87. The molecule has 0 radical (unpaired) electrons. The Balaban J connectivity index is 4.29. The summed E-state index contributed by atoms with van der Waals surface area (Å²) >= 11 is 4.83. The molecule has 0 aliphatic heterocycles. The molecule has 0 rings (SSSR count). The fourth-order valence-corrected chi connectivity index (χ4v) is 0.639. The summed E-state index contributed by atoms with van der Waals surface area (Å²) in [5.74, 6) is 0. The highest BCUT2D eigenvalue weighted by atomic mass is 32.1. The van der Waals surface area contributed by atoms with Crippen LogP contribution in [0.1, 0.15) is 20.8 Å². The molecule has 0 saturated heterocycles. The molecular weight excluding hydrogens is 173 g/mol. The van der Waals surface area contributed by atoms with Gasteiger partial charge in [-0.15, -0.1) is 0 Å². The summed E-state index contributed by atoms with van der Waals surface area (Å²) < 4.78 is 13.2. The van der Waals surface area contributed by atoms with Crippen LogP contribution in [0.15, 0.2) is 24.4 Å². The highest BCUT2D eigenvalue weighted by Crippen LogP contribution is 2.10. The molecular formula is C9H14FNS. The first-order chi connectivity index (χ1) is 5.41. The van der Waals surface area contributed by atoms with Crippen LogP contribution in [0.5, 0.6) is 0 Å². The van der Waals surface area contributed by atoms with E-state index < -0.39 is 5.67 Å². The lowest BCUT2D eigenvalue weighted by Gasteiger charge is -2.17. The van der Waals surface area contributed by atoms with Crippen molar-refractivity contribution in [3.63, 3.8) is 0 Å². The van der Waals surface area contributed by atoms with Gasteiger partial charge in [0.05, 0.1) is 0 Å². The van der Waals surface area contributed by atoms with Gasteiger partial charge in [0.1, 0.15) is 4.99 Å². The summed E-state index contributed by atoms with van der Waals surface area (Å²) in [5, 5.41) is 2.76. The number of hydrogen-bond donors (Lipinski definition) is 1. The molecule has 0 spiro atoms. The fraction of sp³-hybridized carbons (Fsp3) is 0.444. The van der Waals surface area contributed by atoms with Crippen molar-refractivity contribution in [1.29, 1.82) is 0 Å². The van der Waals surface area contributed by atoms with Crippen molar-refractivity contribution in [2.45, 2.75) is 26.4 Å². The Morgan fingerprint density at radius 3 is 2.33 bits per heavy atom. The van der Waals surface area contributed by atoms with Crippen molar-refractivity contribution in [3.05, 3.63) is 24.4 Å². The van der Waals surface area contributed by atoms with Gasteiger partial charge < -0.3 is 5.32 Å². The summed E-state index contributed by atoms with van der Waals surface area (Å²) in [4.78, 5) is 0.176. The SMILES string of the molecule is C=C/C(=C\C)NC(=S)C(C)(C)F. The van der Waals surface area contributed by atoms with Gasteiger partial charge in [-0.25, -0.2) is 4.39 Å². The molecule has 0 bridgehead atoms. The number of alkyl halides is 1. The van der Waals surface area contributed by atoms with E-state index in [-0.39, 0.29) is 4.99 Å². The van der Waals surface area contributed by atoms with Crippen LogP contribution in [0, 0.1) is 0 Å². The van der Waals surface area contributed by atoms with Crippen LogP contribution in [0.25, 0.3) is 0 Å². The van der Waals surface area contributed by atoms with Crippen LogP contribution >= 0.6 is 12.2 Å². The molecule has 1 N–H and O–H groups in total. The van der Waals surface area contributed by atoms with Crippen LogP contribution in [0.2, 0.25) is 0 Å². The molecule has 0 atom stereocenters. The molecule has 0 amide bonds. The smallest absolute Gasteiger partial charge is 0.155 e. The minimum Gasteiger partial charge on any atom is -0.348 e. The zero-order valence-corrected chi connectivity index (χ0v) is 8.46. The minimum atomic E-state index is -1.48. The predicted octanol–water partition coefficient (Wildman–Crippen LogP) is 2.74. The molecule has 0 heterocycles. The Labute approximate surface area is 78.4 Å². The molecule has 0 unspecified atom stereocenters. The van der Waals surface area contributed by atoms with Crippen LogP contribution < -0.4 is 5.32 Å². The van der Waals surface area contributed by atoms with Crippen LogP contribution in [-0.2, 0) is 0 Å². The van der Waals surface area contributed by atoms with E-state index in [1.54, 1.807) is 12.2 Å². The van der Waals surface area contributed by atoms with Crippen LogP contribution in [0.4, 0.5) is 4.39 Å². The summed E-state index contributed by atoms with van der Waals surface area (Å²) in [7, 11) is 0. The lowest BCUT2D eigenvalue weighted by Crippen LogP contribution is -2.36. The third-order valence-corrected chi connectivity index (χ3v) is 1.92. The van der Waals surface area contributed by atoms with Gasteiger partial charge in [-0.2, -0.15) is 0 Å². The number of rotatable bonds is 3. The highest BCUT2D eigenvalue weighted by Gasteiger charge is 2.21. The van der Waals surface area contributed by atoms with E-state index >= 15 is 0 Å². The summed E-state index contributed by atoms with van der Waals surface area (Å²) in [6.45, 7) is 8.22. The number of nitrogens with one attached hydrogen (secondary N) is 1. The van der Waals surface area contributed by atoms with Crippen molar-refractivity contribution in [1.82, 2.24) is 5.32 Å². The van der Waals surface area contributed by atoms with E-state index in [0.29, 0.717) is 0 Å². The van der Waals surface area contributed by atoms with E-state index in [1.807, 2.05) is 6.92 Å². The molecule has 0 aliphatic rings. The first kappa shape index (κ1) is 11.3. The Morgan fingerprint density at radius 2 is 2.08 bits per heavy atom. The molecule has 0 aromatic rings. The fourth-order valence-electron chi connectivity index (χ4n) is 0.521. The lowest BCUT2D eigenvalue weighted by molar-refractivity contribution is 0.312. The maximum Gasteiger partial charge on any atom is 0.155 e. The van der Waals surface area contributed by atoms with Gasteiger partial charge in [-0.05, 0) is 26.8 Å². The topological polar surface area (TPSA) is 12.0 Å². The van der Waals surface area contributed by atoms with E-state index in [1.165, 1.54) is 13.8 Å². The number of allylic oxidation sites excluding steroid dienone is 2. The Morgan fingerprint density at radius 1 is 1.58 bits per heavy atom. The van der Waals surface area contributed by atoms with Gasteiger partial charge in [0.2, 0.25) is 0 Å². The van der Waals surface area contributed by atoms with Gasteiger partial charge in [0.15, 0.2) is 5.67 Å². The second kappa shape index (κ2) is 4.36. The quantitative estimate of drug-likeness (QED) is 0.538. The van der Waals surface area contributed by atoms with Gasteiger partial charge in [0, 0.05) is 5.70 Å². The third kappa shape index (κ3) is 3.62. The van der Waals surface area contributed by atoms with Gasteiger partial charge in [-0.1, -0.05) is 24.9 Å². The van der Waals surface area contributed by atoms with Gasteiger partial charge >= 0.3 is 0 Å². The maximum absolute atomic E-state index is 13.2. The maximum atomic E-state index is 13.2. The molecule has 0 saturated carbocycles. The molecule has 1 nitrogen and oxygen atoms in total. The number of halogens is 1. The highest BCUT2D eigenvalue weighted by molar-refractivity contribution is 7.80. The standard InChI is InChI=1S/C9H14FNS/c1-5-7(6-2)11-8(12)9(3,4)10/h5-6H,1H2,2-4H3,(H,11,12)/b7-6+. The molecule has 12 heavy (non-hydrogen) atoms. The van der Waals surface area contributed by atoms with E-state index in [0.717, 1.165) is 5.70 Å². The molecule has 0 aliphatic carbocycles. The monoisotopic (exact) mass is 187 g/mol. The average Bonchev–Trinajstić information content (AvgIpc) is 1.97. The molecule has 3 heteroatoms. The number of hydrogen-bond acceptors (Lipinski definition) is 1. The Hall–Kier alpha value is -0.700. The average molecular weight is 187 g/mol. The Bertz CT molecular complexity index is 213. The minimum absolute atomic E-state index is 0.176. The summed E-state index contributed by atoms with van der Waals surface area (Å²) in [6, 6.07) is 0. The van der Waals surface area contributed by atoms with E-state index in [4.69, 9.17) is 12.2 Å². The molecule has 0 fully saturated rings. The Kier molecular flexibility index (Phi) is 4.10. The van der Waals surface area contributed by atoms with Gasteiger partial charge in [-0.3, -0.25) is 0 Å². The zero-order chi connectivity index (χ0) is 9.78. The van der Waals surface area contributed by atoms with Crippen LogP contribution in [0.3, 0.4) is 0 Å². The van der Waals surface area contributed by atoms with Gasteiger partial charge in [0.25, 0.3) is 0 Å². The number of thiocarbonyl (C=S) groups is 1. The molecule has 0 aromatic heterocycles.